The molecule has 2 rings (SSSR count). The molecule has 4 N–H and O–H groups in total. The van der Waals surface area contributed by atoms with E-state index >= 15 is 0 Å². The molecular weight excluding hydrogens is 294 g/mol. The molecule has 6 heteroatoms. The Labute approximate surface area is 133 Å². The topological polar surface area (TPSA) is 101 Å². The molecule has 0 saturated carbocycles. The Balaban J connectivity index is 1.80. The third-order valence-electron chi connectivity index (χ3n) is 3.18. The SMILES string of the molecule is NC(=O)c1ccc(NC(=O)C(=O)NCCc2ccccc2)cc1. The molecule has 0 heterocycles. The van der Waals surface area contributed by atoms with E-state index in [1.165, 1.54) is 24.3 Å². The summed E-state index contributed by atoms with van der Waals surface area (Å²) in [5.74, 6) is -2.02. The van der Waals surface area contributed by atoms with Crippen LogP contribution in [0.1, 0.15) is 15.9 Å². The highest BCUT2D eigenvalue weighted by Gasteiger charge is 2.13. The predicted molar refractivity (Wildman–Crippen MR) is 86.7 cm³/mol. The van der Waals surface area contributed by atoms with Gasteiger partial charge in [-0.1, -0.05) is 30.3 Å². The molecule has 0 saturated heterocycles. The van der Waals surface area contributed by atoms with Gasteiger partial charge in [0.25, 0.3) is 0 Å². The van der Waals surface area contributed by atoms with Crippen LogP contribution in [0.15, 0.2) is 54.6 Å². The molecule has 23 heavy (non-hydrogen) atoms. The summed E-state index contributed by atoms with van der Waals surface area (Å²) in [6.45, 7) is 0.372. The molecule has 2 aromatic rings. The molecule has 118 valence electrons. The summed E-state index contributed by atoms with van der Waals surface area (Å²) >= 11 is 0. The smallest absolute Gasteiger partial charge is 0.313 e. The maximum Gasteiger partial charge on any atom is 0.313 e. The normalized spacial score (nSPS) is 9.91. The second-order valence-electron chi connectivity index (χ2n) is 4.89. The minimum absolute atomic E-state index is 0.329. The summed E-state index contributed by atoms with van der Waals surface area (Å²) in [7, 11) is 0. The van der Waals surface area contributed by atoms with Crippen LogP contribution in [0.4, 0.5) is 5.69 Å². The van der Waals surface area contributed by atoms with Gasteiger partial charge in [0.15, 0.2) is 0 Å². The Hall–Kier alpha value is -3.15. The lowest BCUT2D eigenvalue weighted by Gasteiger charge is -2.07. The minimum atomic E-state index is -0.759. The fourth-order valence-corrected chi connectivity index (χ4v) is 1.95. The number of rotatable bonds is 5. The van der Waals surface area contributed by atoms with E-state index in [0.717, 1.165) is 5.56 Å². The molecule has 0 atom stereocenters. The van der Waals surface area contributed by atoms with Gasteiger partial charge in [0.05, 0.1) is 0 Å². The highest BCUT2D eigenvalue weighted by molar-refractivity contribution is 6.39. The summed E-state index contributed by atoms with van der Waals surface area (Å²) in [4.78, 5) is 34.4. The number of hydrogen-bond acceptors (Lipinski definition) is 3. The standard InChI is InChI=1S/C17H17N3O3/c18-15(21)13-6-8-14(9-7-13)20-17(23)16(22)19-11-10-12-4-2-1-3-5-12/h1-9H,10-11H2,(H2,18,21)(H,19,22)(H,20,23). The molecule has 6 nitrogen and oxygen atoms in total. The number of carbonyl (C=O) groups excluding carboxylic acids is 3. The maximum atomic E-state index is 11.8. The first-order chi connectivity index (χ1) is 11.1. The molecule has 0 aliphatic rings. The second-order valence-corrected chi connectivity index (χ2v) is 4.89. The van der Waals surface area contributed by atoms with Crippen molar-refractivity contribution in [3.05, 3.63) is 65.7 Å². The summed E-state index contributed by atoms with van der Waals surface area (Å²) in [5, 5.41) is 5.01. The third kappa shape index (κ3) is 4.96. The van der Waals surface area contributed by atoms with E-state index in [-0.39, 0.29) is 0 Å². The van der Waals surface area contributed by atoms with Gasteiger partial charge in [-0.2, -0.15) is 0 Å². The fourth-order valence-electron chi connectivity index (χ4n) is 1.95. The number of hydrogen-bond donors (Lipinski definition) is 3. The number of amides is 3. The number of nitrogens with one attached hydrogen (secondary N) is 2. The Morgan fingerprint density at radius 1 is 0.870 bits per heavy atom. The Morgan fingerprint density at radius 2 is 1.52 bits per heavy atom. The zero-order valence-corrected chi connectivity index (χ0v) is 12.4. The van der Waals surface area contributed by atoms with E-state index < -0.39 is 17.7 Å². The van der Waals surface area contributed by atoms with Crippen LogP contribution in [0.5, 0.6) is 0 Å². The van der Waals surface area contributed by atoms with Crippen molar-refractivity contribution in [3.8, 4) is 0 Å². The second kappa shape index (κ2) is 7.74. The number of nitrogens with two attached hydrogens (primary N) is 1. The van der Waals surface area contributed by atoms with Gasteiger partial charge in [-0.25, -0.2) is 0 Å². The fraction of sp³-hybridized carbons (Fsp3) is 0.118. The van der Waals surface area contributed by atoms with Crippen LogP contribution in [0.2, 0.25) is 0 Å². The summed E-state index contributed by atoms with van der Waals surface area (Å²) < 4.78 is 0. The van der Waals surface area contributed by atoms with Crippen LogP contribution in [0, 0.1) is 0 Å². The molecular formula is C17H17N3O3. The van der Waals surface area contributed by atoms with E-state index in [9.17, 15) is 14.4 Å². The summed E-state index contributed by atoms with van der Waals surface area (Å²) in [5.41, 5.74) is 6.95. The molecule has 0 radical (unpaired) electrons. The van der Waals surface area contributed by atoms with Crippen LogP contribution < -0.4 is 16.4 Å². The molecule has 0 bridgehead atoms. The quantitative estimate of drug-likeness (QED) is 0.720. The van der Waals surface area contributed by atoms with Crippen molar-refractivity contribution >= 4 is 23.4 Å². The lowest BCUT2D eigenvalue weighted by Crippen LogP contribution is -2.36. The molecule has 2 aromatic carbocycles. The van der Waals surface area contributed by atoms with Gasteiger partial charge < -0.3 is 16.4 Å². The van der Waals surface area contributed by atoms with Crippen LogP contribution in [-0.4, -0.2) is 24.3 Å². The van der Waals surface area contributed by atoms with Gasteiger partial charge in [-0.05, 0) is 36.2 Å². The number of carbonyl (C=O) groups is 3. The zero-order chi connectivity index (χ0) is 16.7. The van der Waals surface area contributed by atoms with Crippen molar-refractivity contribution in [3.63, 3.8) is 0 Å². The van der Waals surface area contributed by atoms with Gasteiger partial charge >= 0.3 is 11.8 Å². The first-order valence-electron chi connectivity index (χ1n) is 7.09. The van der Waals surface area contributed by atoms with E-state index in [2.05, 4.69) is 10.6 Å². The molecule has 0 fully saturated rings. The van der Waals surface area contributed by atoms with E-state index in [1.54, 1.807) is 0 Å². The summed E-state index contributed by atoms with van der Waals surface area (Å²) in [6.07, 6.45) is 0.646. The van der Waals surface area contributed by atoms with Crippen molar-refractivity contribution in [1.29, 1.82) is 0 Å². The third-order valence-corrected chi connectivity index (χ3v) is 3.18. The molecule has 0 spiro atoms. The van der Waals surface area contributed by atoms with Gasteiger partial charge in [0.1, 0.15) is 0 Å². The maximum absolute atomic E-state index is 11.8. The van der Waals surface area contributed by atoms with Gasteiger partial charge in [-0.15, -0.1) is 0 Å². The largest absolute Gasteiger partial charge is 0.366 e. The van der Waals surface area contributed by atoms with Crippen molar-refractivity contribution in [2.45, 2.75) is 6.42 Å². The lowest BCUT2D eigenvalue weighted by atomic mass is 10.1. The minimum Gasteiger partial charge on any atom is -0.366 e. The molecule has 0 aliphatic heterocycles. The molecule has 3 amide bonds. The number of primary amides is 1. The first-order valence-corrected chi connectivity index (χ1v) is 7.09. The van der Waals surface area contributed by atoms with Crippen LogP contribution in [0.3, 0.4) is 0 Å². The van der Waals surface area contributed by atoms with Crippen LogP contribution in [0.25, 0.3) is 0 Å². The van der Waals surface area contributed by atoms with Crippen molar-refractivity contribution in [1.82, 2.24) is 5.32 Å². The Morgan fingerprint density at radius 3 is 2.13 bits per heavy atom. The van der Waals surface area contributed by atoms with E-state index in [4.69, 9.17) is 5.73 Å². The summed E-state index contributed by atoms with van der Waals surface area (Å²) in [6, 6.07) is 15.6. The van der Waals surface area contributed by atoms with Crippen molar-refractivity contribution in [2.75, 3.05) is 11.9 Å². The van der Waals surface area contributed by atoms with E-state index in [0.29, 0.717) is 24.2 Å². The van der Waals surface area contributed by atoms with Crippen molar-refractivity contribution in [2.24, 2.45) is 5.73 Å². The number of anilines is 1. The van der Waals surface area contributed by atoms with E-state index in [1.807, 2.05) is 30.3 Å². The van der Waals surface area contributed by atoms with Gasteiger partial charge in [0, 0.05) is 17.8 Å². The lowest BCUT2D eigenvalue weighted by molar-refractivity contribution is -0.136. The molecule has 0 aromatic heterocycles. The first kappa shape index (κ1) is 16.2. The van der Waals surface area contributed by atoms with Gasteiger partial charge in [0.2, 0.25) is 5.91 Å². The molecule has 0 unspecified atom stereocenters. The van der Waals surface area contributed by atoms with Gasteiger partial charge in [-0.3, -0.25) is 14.4 Å². The van der Waals surface area contributed by atoms with Crippen LogP contribution >= 0.6 is 0 Å². The highest BCUT2D eigenvalue weighted by atomic mass is 16.2. The highest BCUT2D eigenvalue weighted by Crippen LogP contribution is 2.08. The Kier molecular flexibility index (Phi) is 5.46. The predicted octanol–water partition coefficient (Wildman–Crippen LogP) is 1.08. The van der Waals surface area contributed by atoms with Crippen LogP contribution in [-0.2, 0) is 16.0 Å². The monoisotopic (exact) mass is 311 g/mol. The Bertz CT molecular complexity index is 697. The zero-order valence-electron chi connectivity index (χ0n) is 12.4. The number of benzene rings is 2. The van der Waals surface area contributed by atoms with Crippen molar-refractivity contribution < 1.29 is 14.4 Å². The molecule has 0 aliphatic carbocycles. The average Bonchev–Trinajstić information content (AvgIpc) is 2.56. The average molecular weight is 311 g/mol.